The van der Waals surface area contributed by atoms with Gasteiger partial charge in [0.15, 0.2) is 0 Å². The SMILES string of the molecule is CCCc1nnc(NC(=O)CNCC2CC2)s1.Cl. The number of carbonyl (C=O) groups is 1. The van der Waals surface area contributed by atoms with E-state index in [1.807, 2.05) is 0 Å². The molecule has 0 atom stereocenters. The first-order valence-corrected chi connectivity index (χ1v) is 6.92. The van der Waals surface area contributed by atoms with Crippen LogP contribution in [-0.4, -0.2) is 29.2 Å². The molecule has 1 amide bonds. The lowest BCUT2D eigenvalue weighted by atomic mass is 10.4. The molecule has 0 saturated heterocycles. The minimum atomic E-state index is -0.0372. The summed E-state index contributed by atoms with van der Waals surface area (Å²) in [5.74, 6) is 0.755. The van der Waals surface area contributed by atoms with E-state index in [9.17, 15) is 4.79 Å². The molecule has 1 aromatic heterocycles. The lowest BCUT2D eigenvalue weighted by Crippen LogP contribution is -2.29. The Hall–Kier alpha value is -0.720. The van der Waals surface area contributed by atoms with Crippen LogP contribution in [0.15, 0.2) is 0 Å². The summed E-state index contributed by atoms with van der Waals surface area (Å²) in [4.78, 5) is 11.5. The van der Waals surface area contributed by atoms with E-state index < -0.39 is 0 Å². The Kier molecular flexibility index (Phi) is 6.52. The van der Waals surface area contributed by atoms with E-state index >= 15 is 0 Å². The molecule has 1 aliphatic rings. The van der Waals surface area contributed by atoms with E-state index in [0.717, 1.165) is 30.3 Å². The van der Waals surface area contributed by atoms with Gasteiger partial charge in [-0.05, 0) is 31.7 Å². The van der Waals surface area contributed by atoms with Gasteiger partial charge in [-0.25, -0.2) is 0 Å². The fourth-order valence-corrected chi connectivity index (χ4v) is 2.35. The van der Waals surface area contributed by atoms with Gasteiger partial charge >= 0.3 is 0 Å². The molecule has 2 N–H and O–H groups in total. The Labute approximate surface area is 117 Å². The molecule has 1 fully saturated rings. The van der Waals surface area contributed by atoms with E-state index in [1.165, 1.54) is 24.2 Å². The molecule has 0 bridgehead atoms. The van der Waals surface area contributed by atoms with Crippen LogP contribution in [0.1, 0.15) is 31.2 Å². The zero-order chi connectivity index (χ0) is 12.1. The molecule has 1 heterocycles. The van der Waals surface area contributed by atoms with Gasteiger partial charge in [-0.1, -0.05) is 18.3 Å². The van der Waals surface area contributed by atoms with E-state index in [-0.39, 0.29) is 18.3 Å². The summed E-state index contributed by atoms with van der Waals surface area (Å²) >= 11 is 1.46. The van der Waals surface area contributed by atoms with Gasteiger partial charge in [-0.15, -0.1) is 22.6 Å². The number of anilines is 1. The van der Waals surface area contributed by atoms with Crippen LogP contribution in [0.5, 0.6) is 0 Å². The third-order valence-electron chi connectivity index (χ3n) is 2.59. The molecule has 0 spiro atoms. The molecular formula is C11H19ClN4OS. The second-order valence-corrected chi connectivity index (χ2v) is 5.44. The summed E-state index contributed by atoms with van der Waals surface area (Å²) in [6.45, 7) is 3.41. The van der Waals surface area contributed by atoms with Gasteiger partial charge in [0.05, 0.1) is 6.54 Å². The van der Waals surface area contributed by atoms with Crippen molar-refractivity contribution in [1.29, 1.82) is 0 Å². The molecule has 102 valence electrons. The van der Waals surface area contributed by atoms with Gasteiger partial charge in [0.2, 0.25) is 11.0 Å². The van der Waals surface area contributed by atoms with E-state index in [1.54, 1.807) is 0 Å². The van der Waals surface area contributed by atoms with E-state index in [4.69, 9.17) is 0 Å². The van der Waals surface area contributed by atoms with Crippen molar-refractivity contribution < 1.29 is 4.79 Å². The quantitative estimate of drug-likeness (QED) is 0.804. The highest BCUT2D eigenvalue weighted by Gasteiger charge is 2.20. The molecule has 2 rings (SSSR count). The number of nitrogens with zero attached hydrogens (tertiary/aromatic N) is 2. The van der Waals surface area contributed by atoms with Crippen molar-refractivity contribution in [3.63, 3.8) is 0 Å². The normalized spacial score (nSPS) is 14.1. The minimum Gasteiger partial charge on any atom is -0.308 e. The zero-order valence-electron chi connectivity index (χ0n) is 10.4. The van der Waals surface area contributed by atoms with Gasteiger partial charge in [0.1, 0.15) is 5.01 Å². The van der Waals surface area contributed by atoms with Crippen molar-refractivity contribution in [2.24, 2.45) is 5.92 Å². The summed E-state index contributed by atoms with van der Waals surface area (Å²) < 4.78 is 0. The lowest BCUT2D eigenvalue weighted by Gasteiger charge is -2.02. The fourth-order valence-electron chi connectivity index (χ4n) is 1.49. The second-order valence-electron chi connectivity index (χ2n) is 4.37. The summed E-state index contributed by atoms with van der Waals surface area (Å²) in [5.41, 5.74) is 0. The largest absolute Gasteiger partial charge is 0.308 e. The van der Waals surface area contributed by atoms with Crippen molar-refractivity contribution in [1.82, 2.24) is 15.5 Å². The minimum absolute atomic E-state index is 0. The highest BCUT2D eigenvalue weighted by Crippen LogP contribution is 2.27. The van der Waals surface area contributed by atoms with Gasteiger partial charge in [0, 0.05) is 6.42 Å². The van der Waals surface area contributed by atoms with Crippen LogP contribution < -0.4 is 10.6 Å². The monoisotopic (exact) mass is 290 g/mol. The average Bonchev–Trinajstić information content (AvgIpc) is 3.01. The third-order valence-corrected chi connectivity index (χ3v) is 3.49. The topological polar surface area (TPSA) is 66.9 Å². The molecule has 7 heteroatoms. The van der Waals surface area contributed by atoms with Crippen LogP contribution in [0, 0.1) is 5.92 Å². The number of aryl methyl sites for hydroxylation is 1. The van der Waals surface area contributed by atoms with Crippen LogP contribution in [0.25, 0.3) is 0 Å². The Morgan fingerprint density at radius 1 is 1.44 bits per heavy atom. The maximum absolute atomic E-state index is 11.5. The molecule has 1 aliphatic carbocycles. The predicted octanol–water partition coefficient (Wildman–Crippen LogP) is 1.85. The predicted molar refractivity (Wildman–Crippen MR) is 75.4 cm³/mol. The van der Waals surface area contributed by atoms with Crippen LogP contribution in [0.3, 0.4) is 0 Å². The van der Waals surface area contributed by atoms with Crippen molar-refractivity contribution >= 4 is 34.8 Å². The highest BCUT2D eigenvalue weighted by molar-refractivity contribution is 7.15. The Morgan fingerprint density at radius 2 is 2.22 bits per heavy atom. The average molecular weight is 291 g/mol. The Bertz CT molecular complexity index is 381. The molecule has 0 unspecified atom stereocenters. The van der Waals surface area contributed by atoms with Crippen molar-refractivity contribution in [2.45, 2.75) is 32.6 Å². The van der Waals surface area contributed by atoms with Crippen LogP contribution in [-0.2, 0) is 11.2 Å². The third kappa shape index (κ3) is 5.29. The zero-order valence-corrected chi connectivity index (χ0v) is 12.1. The van der Waals surface area contributed by atoms with Crippen molar-refractivity contribution in [3.8, 4) is 0 Å². The van der Waals surface area contributed by atoms with Gasteiger partial charge in [-0.3, -0.25) is 10.1 Å². The second kappa shape index (κ2) is 7.66. The van der Waals surface area contributed by atoms with Crippen LogP contribution >= 0.6 is 23.7 Å². The molecule has 0 aromatic carbocycles. The number of hydrogen-bond acceptors (Lipinski definition) is 5. The number of aromatic nitrogens is 2. The number of amides is 1. The molecular weight excluding hydrogens is 272 g/mol. The summed E-state index contributed by atoms with van der Waals surface area (Å²) in [5, 5.41) is 15.4. The molecule has 1 aromatic rings. The smallest absolute Gasteiger partial charge is 0.240 e. The molecule has 0 radical (unpaired) electrons. The number of nitrogens with one attached hydrogen (secondary N) is 2. The molecule has 18 heavy (non-hydrogen) atoms. The maximum Gasteiger partial charge on any atom is 0.240 e. The van der Waals surface area contributed by atoms with E-state index in [2.05, 4.69) is 27.8 Å². The molecule has 1 saturated carbocycles. The maximum atomic E-state index is 11.5. The fraction of sp³-hybridized carbons (Fsp3) is 0.727. The van der Waals surface area contributed by atoms with E-state index in [0.29, 0.717) is 11.7 Å². The Balaban J connectivity index is 0.00000162. The number of halogens is 1. The first-order valence-electron chi connectivity index (χ1n) is 6.11. The van der Waals surface area contributed by atoms with Gasteiger partial charge in [-0.2, -0.15) is 0 Å². The molecule has 5 nitrogen and oxygen atoms in total. The number of rotatable bonds is 7. The first kappa shape index (κ1) is 15.3. The van der Waals surface area contributed by atoms with Crippen LogP contribution in [0.2, 0.25) is 0 Å². The van der Waals surface area contributed by atoms with Gasteiger partial charge < -0.3 is 5.32 Å². The Morgan fingerprint density at radius 3 is 2.89 bits per heavy atom. The first-order chi connectivity index (χ1) is 8.28. The summed E-state index contributed by atoms with van der Waals surface area (Å²) in [7, 11) is 0. The number of carbonyl (C=O) groups excluding carboxylic acids is 1. The van der Waals surface area contributed by atoms with Crippen molar-refractivity contribution in [3.05, 3.63) is 5.01 Å². The van der Waals surface area contributed by atoms with Gasteiger partial charge in [0.25, 0.3) is 0 Å². The van der Waals surface area contributed by atoms with Crippen LogP contribution in [0.4, 0.5) is 5.13 Å². The highest BCUT2D eigenvalue weighted by atomic mass is 35.5. The number of hydrogen-bond donors (Lipinski definition) is 2. The summed E-state index contributed by atoms with van der Waals surface area (Å²) in [6.07, 6.45) is 4.57. The standard InChI is InChI=1S/C11H18N4OS.ClH/c1-2-3-10-14-15-11(17-10)13-9(16)7-12-6-8-4-5-8;/h8,12H,2-7H2,1H3,(H,13,15,16);1H. The lowest BCUT2D eigenvalue weighted by molar-refractivity contribution is -0.115. The summed E-state index contributed by atoms with van der Waals surface area (Å²) in [6, 6.07) is 0. The van der Waals surface area contributed by atoms with Crippen molar-refractivity contribution in [2.75, 3.05) is 18.4 Å². The molecule has 0 aliphatic heterocycles.